The average molecular weight is 379 g/mol. The highest BCUT2D eigenvalue weighted by atomic mass is 19.1. The Labute approximate surface area is 166 Å². The van der Waals surface area contributed by atoms with Crippen LogP contribution < -0.4 is 14.8 Å². The Morgan fingerprint density at radius 3 is 2.00 bits per heavy atom. The van der Waals surface area contributed by atoms with E-state index >= 15 is 0 Å². The fourth-order valence-electron chi connectivity index (χ4n) is 2.97. The summed E-state index contributed by atoms with van der Waals surface area (Å²) in [6.07, 6.45) is 0.965. The molecule has 0 saturated heterocycles. The van der Waals surface area contributed by atoms with Crippen LogP contribution in [0.2, 0.25) is 0 Å². The molecule has 28 heavy (non-hydrogen) atoms. The van der Waals surface area contributed by atoms with E-state index in [1.54, 1.807) is 0 Å². The zero-order chi connectivity index (χ0) is 19.6. The molecule has 1 unspecified atom stereocenters. The molecular formula is C24H26FNO2. The minimum atomic E-state index is -0.208. The van der Waals surface area contributed by atoms with E-state index in [4.69, 9.17) is 9.47 Å². The van der Waals surface area contributed by atoms with Crippen LogP contribution in [-0.2, 0) is 6.54 Å². The van der Waals surface area contributed by atoms with Crippen molar-refractivity contribution in [2.24, 2.45) is 0 Å². The predicted octanol–water partition coefficient (Wildman–Crippen LogP) is 5.52. The summed E-state index contributed by atoms with van der Waals surface area (Å²) in [7, 11) is 0. The SMILES string of the molecule is CCC(NCc1ccc(F)cc1)c1ccc(OCCOc2ccccc2)cc1. The number of ether oxygens (including phenoxy) is 2. The maximum absolute atomic E-state index is 13.0. The summed E-state index contributed by atoms with van der Waals surface area (Å²) in [5.41, 5.74) is 2.27. The third kappa shape index (κ3) is 6.10. The first-order valence-corrected chi connectivity index (χ1v) is 9.63. The van der Waals surface area contributed by atoms with Gasteiger partial charge in [-0.25, -0.2) is 4.39 Å². The molecule has 1 atom stereocenters. The Bertz CT molecular complexity index is 819. The lowest BCUT2D eigenvalue weighted by Crippen LogP contribution is -2.20. The van der Waals surface area contributed by atoms with Gasteiger partial charge in [0.05, 0.1) is 0 Å². The Morgan fingerprint density at radius 2 is 1.39 bits per heavy atom. The molecule has 4 heteroatoms. The maximum atomic E-state index is 13.0. The normalized spacial score (nSPS) is 11.8. The first kappa shape index (κ1) is 19.9. The summed E-state index contributed by atoms with van der Waals surface area (Å²) in [5, 5.41) is 3.53. The van der Waals surface area contributed by atoms with E-state index in [0.717, 1.165) is 23.5 Å². The summed E-state index contributed by atoms with van der Waals surface area (Å²) < 4.78 is 24.4. The van der Waals surface area contributed by atoms with Crippen LogP contribution in [0.1, 0.15) is 30.5 Å². The third-order valence-corrected chi connectivity index (χ3v) is 4.52. The van der Waals surface area contributed by atoms with Crippen LogP contribution in [-0.4, -0.2) is 13.2 Å². The molecule has 0 fully saturated rings. The number of hydrogen-bond acceptors (Lipinski definition) is 3. The van der Waals surface area contributed by atoms with Crippen molar-refractivity contribution in [1.82, 2.24) is 5.32 Å². The molecule has 0 radical (unpaired) electrons. The molecule has 3 nitrogen and oxygen atoms in total. The highest BCUT2D eigenvalue weighted by Crippen LogP contribution is 2.21. The van der Waals surface area contributed by atoms with Crippen LogP contribution >= 0.6 is 0 Å². The number of benzene rings is 3. The second-order valence-corrected chi connectivity index (χ2v) is 6.55. The van der Waals surface area contributed by atoms with Crippen molar-refractivity contribution in [3.05, 3.63) is 95.8 Å². The van der Waals surface area contributed by atoms with E-state index in [1.165, 1.54) is 17.7 Å². The minimum Gasteiger partial charge on any atom is -0.490 e. The molecule has 0 heterocycles. The van der Waals surface area contributed by atoms with Crippen molar-refractivity contribution in [2.45, 2.75) is 25.9 Å². The van der Waals surface area contributed by atoms with Gasteiger partial charge in [0.1, 0.15) is 30.5 Å². The predicted molar refractivity (Wildman–Crippen MR) is 110 cm³/mol. The Morgan fingerprint density at radius 1 is 0.786 bits per heavy atom. The second-order valence-electron chi connectivity index (χ2n) is 6.55. The summed E-state index contributed by atoms with van der Waals surface area (Å²) in [5.74, 6) is 1.47. The van der Waals surface area contributed by atoms with E-state index in [1.807, 2.05) is 54.6 Å². The first-order chi connectivity index (χ1) is 13.7. The van der Waals surface area contributed by atoms with E-state index in [0.29, 0.717) is 19.8 Å². The van der Waals surface area contributed by atoms with Gasteiger partial charge in [-0.05, 0) is 53.9 Å². The van der Waals surface area contributed by atoms with Crippen molar-refractivity contribution < 1.29 is 13.9 Å². The third-order valence-electron chi connectivity index (χ3n) is 4.52. The van der Waals surface area contributed by atoms with Crippen LogP contribution in [0.3, 0.4) is 0 Å². The van der Waals surface area contributed by atoms with Gasteiger partial charge in [0.15, 0.2) is 0 Å². The molecule has 0 saturated carbocycles. The van der Waals surface area contributed by atoms with Gasteiger partial charge < -0.3 is 14.8 Å². The molecule has 3 aromatic carbocycles. The van der Waals surface area contributed by atoms with Crippen molar-refractivity contribution >= 4 is 0 Å². The van der Waals surface area contributed by atoms with Gasteiger partial charge in [-0.15, -0.1) is 0 Å². The van der Waals surface area contributed by atoms with Gasteiger partial charge in [-0.2, -0.15) is 0 Å². The molecule has 3 aromatic rings. The lowest BCUT2D eigenvalue weighted by molar-refractivity contribution is 0.217. The lowest BCUT2D eigenvalue weighted by Gasteiger charge is -2.18. The fraction of sp³-hybridized carbons (Fsp3) is 0.250. The number of hydrogen-bond donors (Lipinski definition) is 1. The average Bonchev–Trinajstić information content (AvgIpc) is 2.74. The highest BCUT2D eigenvalue weighted by molar-refractivity contribution is 5.29. The topological polar surface area (TPSA) is 30.5 Å². The molecular weight excluding hydrogens is 353 g/mol. The summed E-state index contributed by atoms with van der Waals surface area (Å²) >= 11 is 0. The van der Waals surface area contributed by atoms with Crippen molar-refractivity contribution in [3.8, 4) is 11.5 Å². The summed E-state index contributed by atoms with van der Waals surface area (Å²) in [4.78, 5) is 0. The van der Waals surface area contributed by atoms with E-state index < -0.39 is 0 Å². The molecule has 0 bridgehead atoms. The van der Waals surface area contributed by atoms with Gasteiger partial charge >= 0.3 is 0 Å². The van der Waals surface area contributed by atoms with E-state index in [-0.39, 0.29) is 11.9 Å². The summed E-state index contributed by atoms with van der Waals surface area (Å²) in [6.45, 7) is 3.85. The van der Waals surface area contributed by atoms with E-state index in [9.17, 15) is 4.39 Å². The van der Waals surface area contributed by atoms with Gasteiger partial charge in [-0.3, -0.25) is 0 Å². The minimum absolute atomic E-state index is 0.208. The van der Waals surface area contributed by atoms with Gasteiger partial charge in [0.2, 0.25) is 0 Å². The molecule has 0 aliphatic rings. The molecule has 146 valence electrons. The van der Waals surface area contributed by atoms with Gasteiger partial charge in [-0.1, -0.05) is 49.4 Å². The molecule has 0 aliphatic carbocycles. The number of nitrogens with one attached hydrogen (secondary N) is 1. The van der Waals surface area contributed by atoms with Crippen LogP contribution in [0.4, 0.5) is 4.39 Å². The van der Waals surface area contributed by atoms with Crippen LogP contribution in [0, 0.1) is 5.82 Å². The molecule has 0 amide bonds. The zero-order valence-corrected chi connectivity index (χ0v) is 16.1. The first-order valence-electron chi connectivity index (χ1n) is 9.63. The van der Waals surface area contributed by atoms with Crippen molar-refractivity contribution in [2.75, 3.05) is 13.2 Å². The molecule has 0 aromatic heterocycles. The van der Waals surface area contributed by atoms with Crippen LogP contribution in [0.15, 0.2) is 78.9 Å². The van der Waals surface area contributed by atoms with Crippen LogP contribution in [0.5, 0.6) is 11.5 Å². The molecule has 1 N–H and O–H groups in total. The zero-order valence-electron chi connectivity index (χ0n) is 16.1. The van der Waals surface area contributed by atoms with Gasteiger partial charge in [0, 0.05) is 12.6 Å². The van der Waals surface area contributed by atoms with Crippen LogP contribution in [0.25, 0.3) is 0 Å². The standard InChI is InChI=1S/C24H26FNO2/c1-2-24(26-18-19-8-12-21(25)13-9-19)20-10-14-23(15-11-20)28-17-16-27-22-6-4-3-5-7-22/h3-15,24,26H,2,16-18H2,1H3. The fourth-order valence-corrected chi connectivity index (χ4v) is 2.97. The Kier molecular flexibility index (Phi) is 7.44. The smallest absolute Gasteiger partial charge is 0.123 e. The lowest BCUT2D eigenvalue weighted by atomic mass is 10.0. The number of rotatable bonds is 10. The van der Waals surface area contributed by atoms with Crippen molar-refractivity contribution in [3.63, 3.8) is 0 Å². The Balaban J connectivity index is 1.45. The number of para-hydroxylation sites is 1. The quantitative estimate of drug-likeness (QED) is 0.470. The van der Waals surface area contributed by atoms with Gasteiger partial charge in [0.25, 0.3) is 0 Å². The molecule has 0 aliphatic heterocycles. The summed E-state index contributed by atoms with van der Waals surface area (Å²) in [6, 6.07) is 24.7. The maximum Gasteiger partial charge on any atom is 0.123 e. The monoisotopic (exact) mass is 379 g/mol. The number of halogens is 1. The second kappa shape index (κ2) is 10.5. The Hall–Kier alpha value is -2.85. The largest absolute Gasteiger partial charge is 0.490 e. The highest BCUT2D eigenvalue weighted by Gasteiger charge is 2.09. The van der Waals surface area contributed by atoms with E-state index in [2.05, 4.69) is 24.4 Å². The molecule has 0 spiro atoms. The molecule has 3 rings (SSSR count). The van der Waals surface area contributed by atoms with Crippen molar-refractivity contribution in [1.29, 1.82) is 0 Å².